The number of hydrogen-bond donors (Lipinski definition) is 2. The number of amides is 2. The van der Waals surface area contributed by atoms with E-state index in [0.717, 1.165) is 11.1 Å². The first-order chi connectivity index (χ1) is 19.6. The minimum absolute atomic E-state index is 0.0403. The van der Waals surface area contributed by atoms with Gasteiger partial charge in [-0.15, -0.1) is 0 Å². The Balaban J connectivity index is 1.70. The van der Waals surface area contributed by atoms with Crippen molar-refractivity contribution in [3.8, 4) is 0 Å². The molecular formula is C31H32Cl2N2O6. The van der Waals surface area contributed by atoms with Gasteiger partial charge in [0.15, 0.2) is 12.4 Å². The molecule has 0 fully saturated rings. The van der Waals surface area contributed by atoms with E-state index in [1.54, 1.807) is 6.07 Å². The fourth-order valence-electron chi connectivity index (χ4n) is 3.98. The third-order valence-corrected chi connectivity index (χ3v) is 6.66. The van der Waals surface area contributed by atoms with Crippen LogP contribution in [0.3, 0.4) is 0 Å². The van der Waals surface area contributed by atoms with Crippen LogP contribution in [-0.4, -0.2) is 42.4 Å². The second-order valence-electron chi connectivity index (χ2n) is 9.78. The summed E-state index contributed by atoms with van der Waals surface area (Å²) in [5.74, 6) is -1.93. The molecular weight excluding hydrogens is 567 g/mol. The van der Waals surface area contributed by atoms with Crippen molar-refractivity contribution in [2.24, 2.45) is 5.92 Å². The van der Waals surface area contributed by atoms with Gasteiger partial charge in [0.25, 0.3) is 0 Å². The fraction of sp³-hybridized carbons (Fsp3) is 0.290. The van der Waals surface area contributed by atoms with E-state index in [0.29, 0.717) is 6.42 Å². The van der Waals surface area contributed by atoms with E-state index in [4.69, 9.17) is 32.7 Å². The van der Waals surface area contributed by atoms with Crippen LogP contribution in [0.1, 0.15) is 41.8 Å². The van der Waals surface area contributed by atoms with Crippen molar-refractivity contribution in [2.45, 2.75) is 45.4 Å². The Morgan fingerprint density at radius 3 is 1.90 bits per heavy atom. The second-order valence-corrected chi connectivity index (χ2v) is 10.6. The molecule has 2 amide bonds. The summed E-state index contributed by atoms with van der Waals surface area (Å²) in [4.78, 5) is 51.8. The first kappa shape index (κ1) is 31.6. The van der Waals surface area contributed by atoms with Crippen LogP contribution in [0.4, 0.5) is 4.79 Å². The largest absolute Gasteiger partial charge is 0.454 e. The van der Waals surface area contributed by atoms with Crippen LogP contribution >= 0.6 is 23.2 Å². The number of carbonyl (C=O) groups excluding carboxylic acids is 4. The molecule has 0 bridgehead atoms. The van der Waals surface area contributed by atoms with Crippen molar-refractivity contribution < 1.29 is 28.7 Å². The van der Waals surface area contributed by atoms with Crippen LogP contribution in [0.15, 0.2) is 78.9 Å². The van der Waals surface area contributed by atoms with E-state index in [1.165, 1.54) is 12.1 Å². The molecule has 0 saturated heterocycles. The standard InChI is InChI=1S/C31H32Cl2N2O6/c1-20(2)16-26(35-31(39)41-18-22-12-7-4-8-13-22)29(37)34-25(17-21-10-5-3-6-11-21)27(36)19-40-30(38)28-23(32)14-9-15-24(28)33/h3-15,20,25-26H,16-19H2,1-2H3,(H,34,37)(H,35,39)/t25-,26-/m0/s1. The predicted octanol–water partition coefficient (Wildman–Crippen LogP) is 5.79. The van der Waals surface area contributed by atoms with Crippen LogP contribution in [0.5, 0.6) is 0 Å². The summed E-state index contributed by atoms with van der Waals surface area (Å²) >= 11 is 12.2. The maximum absolute atomic E-state index is 13.4. The highest BCUT2D eigenvalue weighted by molar-refractivity contribution is 6.39. The molecule has 2 N–H and O–H groups in total. The molecule has 0 spiro atoms. The number of benzene rings is 3. The molecule has 41 heavy (non-hydrogen) atoms. The van der Waals surface area contributed by atoms with Gasteiger partial charge in [-0.1, -0.05) is 104 Å². The van der Waals surface area contributed by atoms with Gasteiger partial charge in [-0.3, -0.25) is 9.59 Å². The quantitative estimate of drug-likeness (QED) is 0.241. The van der Waals surface area contributed by atoms with Gasteiger partial charge in [0, 0.05) is 0 Å². The Bertz CT molecular complexity index is 1310. The molecule has 2 atom stereocenters. The molecule has 0 unspecified atom stereocenters. The smallest absolute Gasteiger partial charge is 0.408 e. The van der Waals surface area contributed by atoms with E-state index in [2.05, 4.69) is 10.6 Å². The monoisotopic (exact) mass is 598 g/mol. The highest BCUT2D eigenvalue weighted by Crippen LogP contribution is 2.25. The molecule has 3 rings (SSSR count). The van der Waals surface area contributed by atoms with Crippen LogP contribution in [0.2, 0.25) is 10.0 Å². The number of hydrogen-bond acceptors (Lipinski definition) is 6. The number of ketones is 1. The summed E-state index contributed by atoms with van der Waals surface area (Å²) in [5, 5.41) is 5.52. The van der Waals surface area contributed by atoms with Gasteiger partial charge in [-0.05, 0) is 42.0 Å². The number of carbonyl (C=O) groups is 4. The Hall–Kier alpha value is -3.88. The normalized spacial score (nSPS) is 12.2. The van der Waals surface area contributed by atoms with Crippen LogP contribution in [0.25, 0.3) is 0 Å². The minimum atomic E-state index is -1.05. The van der Waals surface area contributed by atoms with Gasteiger partial charge in [-0.25, -0.2) is 9.59 Å². The lowest BCUT2D eigenvalue weighted by atomic mass is 10.00. The highest BCUT2D eigenvalue weighted by Gasteiger charge is 2.29. The third kappa shape index (κ3) is 10.2. The number of nitrogens with one attached hydrogen (secondary N) is 2. The van der Waals surface area contributed by atoms with Gasteiger partial charge >= 0.3 is 12.1 Å². The second kappa shape index (κ2) is 15.8. The number of rotatable bonds is 13. The first-order valence-electron chi connectivity index (χ1n) is 13.1. The van der Waals surface area contributed by atoms with Crippen LogP contribution in [-0.2, 0) is 32.1 Å². The van der Waals surface area contributed by atoms with E-state index in [-0.39, 0.29) is 34.6 Å². The average molecular weight is 600 g/mol. The molecule has 8 nitrogen and oxygen atoms in total. The molecule has 10 heteroatoms. The fourth-order valence-corrected chi connectivity index (χ4v) is 4.53. The summed E-state index contributed by atoms with van der Waals surface area (Å²) in [6, 6.07) is 20.8. The molecule has 0 aliphatic heterocycles. The zero-order valence-corrected chi connectivity index (χ0v) is 24.3. The Labute approximate surface area is 249 Å². The van der Waals surface area contributed by atoms with Gasteiger partial charge in [-0.2, -0.15) is 0 Å². The molecule has 0 heterocycles. The summed E-state index contributed by atoms with van der Waals surface area (Å²) in [5.41, 5.74) is 1.53. The lowest BCUT2D eigenvalue weighted by Crippen LogP contribution is -2.53. The van der Waals surface area contributed by atoms with Gasteiger partial charge in [0.1, 0.15) is 12.6 Å². The summed E-state index contributed by atoms with van der Waals surface area (Å²) in [6.45, 7) is 3.23. The van der Waals surface area contributed by atoms with Gasteiger partial charge in [0.05, 0.1) is 21.7 Å². The van der Waals surface area contributed by atoms with Crippen molar-refractivity contribution in [3.05, 3.63) is 106 Å². The van der Waals surface area contributed by atoms with Crippen molar-refractivity contribution in [1.82, 2.24) is 10.6 Å². The molecule has 3 aromatic rings. The molecule has 0 aromatic heterocycles. The Kier molecular flexibility index (Phi) is 12.2. The van der Waals surface area contributed by atoms with Crippen LogP contribution < -0.4 is 10.6 Å². The lowest BCUT2D eigenvalue weighted by Gasteiger charge is -2.24. The molecule has 0 radical (unpaired) electrons. The van der Waals surface area contributed by atoms with Gasteiger partial charge in [0.2, 0.25) is 5.91 Å². The number of esters is 1. The van der Waals surface area contributed by atoms with E-state index < -0.39 is 42.4 Å². The maximum Gasteiger partial charge on any atom is 0.408 e. The number of Topliss-reactive ketones (excluding diaryl/α,β-unsaturated/α-hetero) is 1. The van der Waals surface area contributed by atoms with E-state index in [1.807, 2.05) is 74.5 Å². The maximum atomic E-state index is 13.4. The number of ether oxygens (including phenoxy) is 2. The summed E-state index contributed by atoms with van der Waals surface area (Å²) in [6.07, 6.45) is -0.313. The van der Waals surface area contributed by atoms with E-state index in [9.17, 15) is 19.2 Å². The zero-order valence-electron chi connectivity index (χ0n) is 22.8. The van der Waals surface area contributed by atoms with Crippen molar-refractivity contribution in [2.75, 3.05) is 6.61 Å². The number of halogens is 2. The highest BCUT2D eigenvalue weighted by atomic mass is 35.5. The predicted molar refractivity (Wildman–Crippen MR) is 157 cm³/mol. The summed E-state index contributed by atoms with van der Waals surface area (Å²) < 4.78 is 10.5. The molecule has 3 aromatic carbocycles. The number of alkyl carbamates (subject to hydrolysis) is 1. The average Bonchev–Trinajstić information content (AvgIpc) is 2.95. The molecule has 0 aliphatic rings. The van der Waals surface area contributed by atoms with Crippen LogP contribution in [0, 0.1) is 5.92 Å². The van der Waals surface area contributed by atoms with Crippen molar-refractivity contribution in [3.63, 3.8) is 0 Å². The molecule has 216 valence electrons. The topological polar surface area (TPSA) is 111 Å². The summed E-state index contributed by atoms with van der Waals surface area (Å²) in [7, 11) is 0. The lowest BCUT2D eigenvalue weighted by molar-refractivity contribution is -0.130. The van der Waals surface area contributed by atoms with Crippen molar-refractivity contribution in [1.29, 1.82) is 0 Å². The first-order valence-corrected chi connectivity index (χ1v) is 13.8. The minimum Gasteiger partial charge on any atom is -0.454 e. The van der Waals surface area contributed by atoms with Gasteiger partial charge < -0.3 is 20.1 Å². The SMILES string of the molecule is CC(C)C[C@H](NC(=O)OCc1ccccc1)C(=O)N[C@@H](Cc1ccccc1)C(=O)COC(=O)c1c(Cl)cccc1Cl. The Morgan fingerprint density at radius 1 is 0.732 bits per heavy atom. The molecule has 0 saturated carbocycles. The zero-order chi connectivity index (χ0) is 29.8. The Morgan fingerprint density at radius 2 is 1.32 bits per heavy atom. The van der Waals surface area contributed by atoms with E-state index >= 15 is 0 Å². The molecule has 0 aliphatic carbocycles. The van der Waals surface area contributed by atoms with Crippen molar-refractivity contribution >= 4 is 47.0 Å². The third-order valence-electron chi connectivity index (χ3n) is 6.03.